The molecule has 0 radical (unpaired) electrons. The molecule has 0 spiro atoms. The molecule has 0 saturated heterocycles. The van der Waals surface area contributed by atoms with Gasteiger partial charge in [0.2, 0.25) is 0 Å². The van der Waals surface area contributed by atoms with E-state index in [1.807, 2.05) is 89.5 Å². The summed E-state index contributed by atoms with van der Waals surface area (Å²) in [6.45, 7) is 0.115. The van der Waals surface area contributed by atoms with Gasteiger partial charge in [-0.1, -0.05) is 81.7 Å². The molecule has 0 amide bonds. The van der Waals surface area contributed by atoms with Crippen molar-refractivity contribution in [1.29, 1.82) is 0 Å². The first-order valence-corrected chi connectivity index (χ1v) is 11.3. The van der Waals surface area contributed by atoms with Crippen molar-refractivity contribution in [3.63, 3.8) is 0 Å². The van der Waals surface area contributed by atoms with Gasteiger partial charge in [0.05, 0.1) is 0 Å². The fourth-order valence-corrected chi connectivity index (χ4v) is 3.89. The minimum atomic E-state index is 0.115. The van der Waals surface area contributed by atoms with Crippen LogP contribution in [0.3, 0.4) is 0 Å². The second kappa shape index (κ2) is 9.43. The molecule has 0 atom stereocenters. The summed E-state index contributed by atoms with van der Waals surface area (Å²) in [5.74, 6) is 0.597. The molecule has 5 aromatic rings. The normalized spacial score (nSPS) is 10.8. The standard InChI is InChI=1S/C24H17BrN6OS/c25-18-11-13-19(14-12-18)31-20(27-30-24(31)33)15-32-23-26-21(16-7-3-1-4-8-16)22(28-29-23)17-9-5-2-6-10-17/h1-14H,15H2,(H,30,33). The third-order valence-corrected chi connectivity index (χ3v) is 5.72. The van der Waals surface area contributed by atoms with Gasteiger partial charge in [0, 0.05) is 21.3 Å². The Morgan fingerprint density at radius 2 is 1.45 bits per heavy atom. The van der Waals surface area contributed by atoms with E-state index < -0.39 is 0 Å². The predicted molar refractivity (Wildman–Crippen MR) is 131 cm³/mol. The molecule has 1 N–H and O–H groups in total. The van der Waals surface area contributed by atoms with Gasteiger partial charge in [0.15, 0.2) is 17.2 Å². The van der Waals surface area contributed by atoms with Gasteiger partial charge < -0.3 is 4.74 Å². The van der Waals surface area contributed by atoms with E-state index >= 15 is 0 Å². The maximum atomic E-state index is 5.90. The second-order valence-electron chi connectivity index (χ2n) is 7.07. The molecule has 0 aliphatic heterocycles. The van der Waals surface area contributed by atoms with E-state index in [1.54, 1.807) is 0 Å². The fourth-order valence-electron chi connectivity index (χ4n) is 3.37. The Morgan fingerprint density at radius 1 is 0.818 bits per heavy atom. The minimum Gasteiger partial charge on any atom is -0.454 e. The van der Waals surface area contributed by atoms with Crippen molar-refractivity contribution in [3.8, 4) is 34.2 Å². The van der Waals surface area contributed by atoms with Crippen molar-refractivity contribution in [3.05, 3.63) is 100.0 Å². The molecule has 0 saturated carbocycles. The fraction of sp³-hybridized carbons (Fsp3) is 0.0417. The summed E-state index contributed by atoms with van der Waals surface area (Å²) in [7, 11) is 0. The first-order valence-electron chi connectivity index (χ1n) is 10.1. The third kappa shape index (κ3) is 4.59. The van der Waals surface area contributed by atoms with Crippen molar-refractivity contribution >= 4 is 28.1 Å². The van der Waals surface area contributed by atoms with Crippen LogP contribution in [-0.2, 0) is 6.61 Å². The van der Waals surface area contributed by atoms with Gasteiger partial charge in [0.25, 0.3) is 0 Å². The molecule has 0 aliphatic carbocycles. The number of H-pyrrole nitrogens is 1. The summed E-state index contributed by atoms with van der Waals surface area (Å²) in [6, 6.07) is 27.6. The monoisotopic (exact) mass is 516 g/mol. The zero-order valence-electron chi connectivity index (χ0n) is 17.2. The number of aromatic nitrogens is 6. The summed E-state index contributed by atoms with van der Waals surface area (Å²) in [5, 5.41) is 15.8. The number of hydrogen-bond acceptors (Lipinski definition) is 6. The van der Waals surface area contributed by atoms with Crippen LogP contribution in [0.2, 0.25) is 0 Å². The van der Waals surface area contributed by atoms with Crippen LogP contribution in [0.5, 0.6) is 6.01 Å². The summed E-state index contributed by atoms with van der Waals surface area (Å²) in [4.78, 5) is 4.68. The average molecular weight is 517 g/mol. The number of halogens is 1. The maximum Gasteiger partial charge on any atom is 0.336 e. The second-order valence-corrected chi connectivity index (χ2v) is 8.37. The van der Waals surface area contributed by atoms with Crippen molar-refractivity contribution < 1.29 is 4.74 Å². The predicted octanol–water partition coefficient (Wildman–Crippen LogP) is 5.79. The number of rotatable bonds is 6. The lowest BCUT2D eigenvalue weighted by Gasteiger charge is -2.11. The van der Waals surface area contributed by atoms with Crippen molar-refractivity contribution in [2.45, 2.75) is 6.61 Å². The van der Waals surface area contributed by atoms with Crippen LogP contribution in [0.4, 0.5) is 0 Å². The van der Waals surface area contributed by atoms with Crippen LogP contribution in [0, 0.1) is 4.77 Å². The van der Waals surface area contributed by atoms with Gasteiger partial charge in [-0.15, -0.1) is 5.10 Å². The molecule has 0 unspecified atom stereocenters. The largest absolute Gasteiger partial charge is 0.454 e. The highest BCUT2D eigenvalue weighted by molar-refractivity contribution is 9.10. The van der Waals surface area contributed by atoms with E-state index in [2.05, 4.69) is 41.3 Å². The molecule has 9 heteroatoms. The van der Waals surface area contributed by atoms with E-state index in [-0.39, 0.29) is 12.6 Å². The molecule has 0 bridgehead atoms. The zero-order chi connectivity index (χ0) is 22.6. The van der Waals surface area contributed by atoms with Crippen LogP contribution < -0.4 is 4.74 Å². The lowest BCUT2D eigenvalue weighted by atomic mass is 10.0. The lowest BCUT2D eigenvalue weighted by Crippen LogP contribution is -2.08. The van der Waals surface area contributed by atoms with Crippen LogP contribution in [-0.4, -0.2) is 29.9 Å². The van der Waals surface area contributed by atoms with Crippen LogP contribution >= 0.6 is 28.1 Å². The Morgan fingerprint density at radius 3 is 2.12 bits per heavy atom. The zero-order valence-corrected chi connectivity index (χ0v) is 19.6. The molecule has 0 aliphatic rings. The Kier molecular flexibility index (Phi) is 6.05. The Balaban J connectivity index is 1.47. The number of ether oxygens (including phenoxy) is 1. The van der Waals surface area contributed by atoms with Crippen molar-refractivity contribution in [2.75, 3.05) is 0 Å². The molecule has 162 valence electrons. The lowest BCUT2D eigenvalue weighted by molar-refractivity contribution is 0.266. The molecule has 3 aromatic carbocycles. The molecular formula is C24H17BrN6OS. The average Bonchev–Trinajstić information content (AvgIpc) is 3.24. The highest BCUT2D eigenvalue weighted by Crippen LogP contribution is 2.29. The first-order chi connectivity index (χ1) is 16.2. The van der Waals surface area contributed by atoms with Gasteiger partial charge in [-0.3, -0.25) is 9.67 Å². The van der Waals surface area contributed by atoms with E-state index in [9.17, 15) is 0 Å². The highest BCUT2D eigenvalue weighted by atomic mass is 79.9. The first kappa shape index (κ1) is 21.2. The number of hydrogen-bond donors (Lipinski definition) is 1. The summed E-state index contributed by atoms with van der Waals surface area (Å²) in [6.07, 6.45) is 0. The number of nitrogens with one attached hydrogen (secondary N) is 1. The molecule has 0 fully saturated rings. The summed E-state index contributed by atoms with van der Waals surface area (Å²) < 4.78 is 9.16. The quantitative estimate of drug-likeness (QED) is 0.287. The van der Waals surface area contributed by atoms with E-state index in [4.69, 9.17) is 17.0 Å². The smallest absolute Gasteiger partial charge is 0.336 e. The van der Waals surface area contributed by atoms with Crippen molar-refractivity contribution in [1.82, 2.24) is 29.9 Å². The van der Waals surface area contributed by atoms with Crippen LogP contribution in [0.15, 0.2) is 89.4 Å². The Labute approximate surface area is 203 Å². The van der Waals surface area contributed by atoms with E-state index in [0.29, 0.717) is 22.0 Å². The third-order valence-electron chi connectivity index (χ3n) is 4.92. The summed E-state index contributed by atoms with van der Waals surface area (Å²) in [5.41, 5.74) is 4.11. The Hall–Kier alpha value is -3.69. The molecule has 2 aromatic heterocycles. The molecule has 5 rings (SSSR count). The van der Waals surface area contributed by atoms with Crippen LogP contribution in [0.1, 0.15) is 5.82 Å². The van der Waals surface area contributed by atoms with E-state index in [1.165, 1.54) is 0 Å². The van der Waals surface area contributed by atoms with Gasteiger partial charge in [0.1, 0.15) is 11.4 Å². The number of nitrogens with zero attached hydrogens (tertiary/aromatic N) is 5. The Bertz CT molecular complexity index is 1440. The SMILES string of the molecule is S=c1[nH]nc(COc2nnc(-c3ccccc3)c(-c3ccccc3)n2)n1-c1ccc(Br)cc1. The number of benzene rings is 3. The van der Waals surface area contributed by atoms with Gasteiger partial charge in [-0.05, 0) is 36.5 Å². The molecule has 7 nitrogen and oxygen atoms in total. The minimum absolute atomic E-state index is 0.115. The van der Waals surface area contributed by atoms with Gasteiger partial charge in [-0.25, -0.2) is 0 Å². The maximum absolute atomic E-state index is 5.90. The van der Waals surface area contributed by atoms with Gasteiger partial charge >= 0.3 is 6.01 Å². The van der Waals surface area contributed by atoms with Crippen LogP contribution in [0.25, 0.3) is 28.2 Å². The number of aromatic amines is 1. The molecule has 33 heavy (non-hydrogen) atoms. The van der Waals surface area contributed by atoms with Gasteiger partial charge in [-0.2, -0.15) is 10.1 Å². The van der Waals surface area contributed by atoms with E-state index in [0.717, 1.165) is 21.3 Å². The molecule has 2 heterocycles. The summed E-state index contributed by atoms with van der Waals surface area (Å²) >= 11 is 8.86. The van der Waals surface area contributed by atoms with Crippen molar-refractivity contribution in [2.24, 2.45) is 0 Å². The molecular weight excluding hydrogens is 500 g/mol. The topological polar surface area (TPSA) is 81.5 Å². The highest BCUT2D eigenvalue weighted by Gasteiger charge is 2.15.